The van der Waals surface area contributed by atoms with E-state index in [9.17, 15) is 0 Å². The molecule has 2 rings (SSSR count). The van der Waals surface area contributed by atoms with Crippen LogP contribution >= 0.6 is 0 Å². The van der Waals surface area contributed by atoms with Crippen molar-refractivity contribution in [3.8, 4) is 5.75 Å². The van der Waals surface area contributed by atoms with Crippen molar-refractivity contribution >= 4 is 5.69 Å². The second-order valence-electron chi connectivity index (χ2n) is 5.70. The molecule has 1 aliphatic rings. The van der Waals surface area contributed by atoms with Gasteiger partial charge >= 0.3 is 0 Å². The Balaban J connectivity index is 2.07. The van der Waals surface area contributed by atoms with Crippen LogP contribution in [0.5, 0.6) is 5.75 Å². The fourth-order valence-electron chi connectivity index (χ4n) is 2.41. The summed E-state index contributed by atoms with van der Waals surface area (Å²) in [5.74, 6) is 1.36. The Hall–Kier alpha value is -1.22. The van der Waals surface area contributed by atoms with Crippen LogP contribution in [0.15, 0.2) is 12.1 Å². The van der Waals surface area contributed by atoms with Crippen LogP contribution in [0.1, 0.15) is 50.2 Å². The summed E-state index contributed by atoms with van der Waals surface area (Å²) in [6.45, 7) is 7.85. The standard InChI is InChI=1S/C16H25NO2/c1-11(2)14-9-15(17)12(3)8-16(14)19-10-13-6-4-5-7-18-13/h8-9,11,13H,4-7,10,17H2,1-3H3. The molecule has 1 atom stereocenters. The predicted molar refractivity (Wildman–Crippen MR) is 78.8 cm³/mol. The molecule has 1 unspecified atom stereocenters. The summed E-state index contributed by atoms with van der Waals surface area (Å²) in [6, 6.07) is 4.09. The third-order valence-electron chi connectivity index (χ3n) is 3.72. The molecule has 0 amide bonds. The van der Waals surface area contributed by atoms with Gasteiger partial charge in [-0.15, -0.1) is 0 Å². The maximum atomic E-state index is 5.99. The van der Waals surface area contributed by atoms with Gasteiger partial charge in [-0.25, -0.2) is 0 Å². The lowest BCUT2D eigenvalue weighted by molar-refractivity contribution is -0.0112. The highest BCUT2D eigenvalue weighted by Crippen LogP contribution is 2.31. The molecule has 1 aliphatic heterocycles. The van der Waals surface area contributed by atoms with Gasteiger partial charge in [0.1, 0.15) is 12.4 Å². The minimum atomic E-state index is 0.242. The molecule has 3 heteroatoms. The van der Waals surface area contributed by atoms with E-state index in [4.69, 9.17) is 15.2 Å². The van der Waals surface area contributed by atoms with E-state index in [-0.39, 0.29) is 6.10 Å². The lowest BCUT2D eigenvalue weighted by Gasteiger charge is -2.24. The van der Waals surface area contributed by atoms with Crippen LogP contribution < -0.4 is 10.5 Å². The van der Waals surface area contributed by atoms with Gasteiger partial charge in [-0.05, 0) is 55.4 Å². The molecule has 0 aliphatic carbocycles. The van der Waals surface area contributed by atoms with E-state index in [0.29, 0.717) is 12.5 Å². The van der Waals surface area contributed by atoms with Crippen molar-refractivity contribution in [2.45, 2.75) is 52.1 Å². The molecule has 19 heavy (non-hydrogen) atoms. The molecular weight excluding hydrogens is 238 g/mol. The third kappa shape index (κ3) is 3.63. The Morgan fingerprint density at radius 2 is 2.16 bits per heavy atom. The highest BCUT2D eigenvalue weighted by molar-refractivity contribution is 5.55. The molecule has 1 aromatic rings. The quantitative estimate of drug-likeness (QED) is 0.843. The van der Waals surface area contributed by atoms with Gasteiger partial charge in [0.15, 0.2) is 0 Å². The molecular formula is C16H25NO2. The normalized spacial score (nSPS) is 19.7. The molecule has 1 saturated heterocycles. The molecule has 1 heterocycles. The molecule has 0 spiro atoms. The van der Waals surface area contributed by atoms with Crippen LogP contribution in [-0.2, 0) is 4.74 Å². The van der Waals surface area contributed by atoms with Crippen molar-refractivity contribution in [2.75, 3.05) is 18.9 Å². The first kappa shape index (κ1) is 14.2. The summed E-state index contributed by atoms with van der Waals surface area (Å²) < 4.78 is 11.7. The van der Waals surface area contributed by atoms with E-state index < -0.39 is 0 Å². The molecule has 0 bridgehead atoms. The fourth-order valence-corrected chi connectivity index (χ4v) is 2.41. The minimum Gasteiger partial charge on any atom is -0.491 e. The van der Waals surface area contributed by atoms with Crippen molar-refractivity contribution in [3.63, 3.8) is 0 Å². The first-order valence-electron chi connectivity index (χ1n) is 7.22. The van der Waals surface area contributed by atoms with Gasteiger partial charge in [0, 0.05) is 12.3 Å². The van der Waals surface area contributed by atoms with Crippen molar-refractivity contribution in [2.24, 2.45) is 0 Å². The van der Waals surface area contributed by atoms with Gasteiger partial charge in [0.25, 0.3) is 0 Å². The van der Waals surface area contributed by atoms with Gasteiger partial charge < -0.3 is 15.2 Å². The highest BCUT2D eigenvalue weighted by Gasteiger charge is 2.16. The SMILES string of the molecule is Cc1cc(OCC2CCCCO2)c(C(C)C)cc1N. The monoisotopic (exact) mass is 263 g/mol. The summed E-state index contributed by atoms with van der Waals surface area (Å²) in [5.41, 5.74) is 9.08. The van der Waals surface area contributed by atoms with E-state index in [0.717, 1.165) is 30.0 Å². The Morgan fingerprint density at radius 3 is 2.79 bits per heavy atom. The number of nitrogens with two attached hydrogens (primary N) is 1. The number of nitrogen functional groups attached to an aromatic ring is 1. The topological polar surface area (TPSA) is 44.5 Å². The second-order valence-corrected chi connectivity index (χ2v) is 5.70. The molecule has 1 fully saturated rings. The molecule has 3 nitrogen and oxygen atoms in total. The van der Waals surface area contributed by atoms with Crippen molar-refractivity contribution < 1.29 is 9.47 Å². The average molecular weight is 263 g/mol. The number of aryl methyl sites for hydroxylation is 1. The van der Waals surface area contributed by atoms with Crippen molar-refractivity contribution in [1.29, 1.82) is 0 Å². The lowest BCUT2D eigenvalue weighted by Crippen LogP contribution is -2.26. The average Bonchev–Trinajstić information content (AvgIpc) is 2.40. The Morgan fingerprint density at radius 1 is 1.37 bits per heavy atom. The molecule has 0 aromatic heterocycles. The van der Waals surface area contributed by atoms with Crippen LogP contribution in [0.4, 0.5) is 5.69 Å². The van der Waals surface area contributed by atoms with E-state index in [1.165, 1.54) is 18.4 Å². The third-order valence-corrected chi connectivity index (χ3v) is 3.72. The van der Waals surface area contributed by atoms with Crippen LogP contribution in [0.3, 0.4) is 0 Å². The van der Waals surface area contributed by atoms with Gasteiger partial charge in [0.05, 0.1) is 6.10 Å². The number of ether oxygens (including phenoxy) is 2. The molecule has 0 saturated carbocycles. The summed E-state index contributed by atoms with van der Waals surface area (Å²) in [5, 5.41) is 0. The minimum absolute atomic E-state index is 0.242. The number of benzene rings is 1. The maximum absolute atomic E-state index is 5.99. The summed E-state index contributed by atoms with van der Waals surface area (Å²) >= 11 is 0. The molecule has 1 aromatic carbocycles. The second kappa shape index (κ2) is 6.29. The molecule has 106 valence electrons. The van der Waals surface area contributed by atoms with Crippen LogP contribution in [0.2, 0.25) is 0 Å². The Bertz CT molecular complexity index is 423. The van der Waals surface area contributed by atoms with E-state index in [1.807, 2.05) is 19.1 Å². The zero-order valence-corrected chi connectivity index (χ0v) is 12.2. The fraction of sp³-hybridized carbons (Fsp3) is 0.625. The van der Waals surface area contributed by atoms with Crippen molar-refractivity contribution in [3.05, 3.63) is 23.3 Å². The first-order valence-corrected chi connectivity index (χ1v) is 7.22. The largest absolute Gasteiger partial charge is 0.491 e. The van der Waals surface area contributed by atoms with Crippen LogP contribution in [0, 0.1) is 6.92 Å². The van der Waals surface area contributed by atoms with Crippen LogP contribution in [-0.4, -0.2) is 19.3 Å². The van der Waals surface area contributed by atoms with Gasteiger partial charge in [-0.1, -0.05) is 13.8 Å². The van der Waals surface area contributed by atoms with E-state index >= 15 is 0 Å². The first-order chi connectivity index (χ1) is 9.08. The number of anilines is 1. The summed E-state index contributed by atoms with van der Waals surface area (Å²) in [4.78, 5) is 0. The van der Waals surface area contributed by atoms with Gasteiger partial charge in [-0.2, -0.15) is 0 Å². The summed E-state index contributed by atoms with van der Waals surface area (Å²) in [7, 11) is 0. The van der Waals surface area contributed by atoms with Gasteiger partial charge in [0.2, 0.25) is 0 Å². The zero-order valence-electron chi connectivity index (χ0n) is 12.2. The van der Waals surface area contributed by atoms with E-state index in [1.54, 1.807) is 0 Å². The Labute approximate surface area is 116 Å². The Kier molecular flexibility index (Phi) is 4.70. The predicted octanol–water partition coefficient (Wildman–Crippen LogP) is 3.65. The number of hydrogen-bond acceptors (Lipinski definition) is 3. The smallest absolute Gasteiger partial charge is 0.123 e. The molecule has 2 N–H and O–H groups in total. The van der Waals surface area contributed by atoms with Crippen molar-refractivity contribution in [1.82, 2.24) is 0 Å². The maximum Gasteiger partial charge on any atom is 0.123 e. The molecule has 0 radical (unpaired) electrons. The van der Waals surface area contributed by atoms with Gasteiger partial charge in [-0.3, -0.25) is 0 Å². The summed E-state index contributed by atoms with van der Waals surface area (Å²) in [6.07, 6.45) is 3.76. The zero-order chi connectivity index (χ0) is 13.8. The number of rotatable bonds is 4. The van der Waals surface area contributed by atoms with E-state index in [2.05, 4.69) is 13.8 Å². The highest BCUT2D eigenvalue weighted by atomic mass is 16.5. The number of hydrogen-bond donors (Lipinski definition) is 1. The van der Waals surface area contributed by atoms with Crippen LogP contribution in [0.25, 0.3) is 0 Å². The lowest BCUT2D eigenvalue weighted by atomic mass is 9.99.